The maximum Gasteiger partial charge on any atom is 0.443 e. The van der Waals surface area contributed by atoms with E-state index in [4.69, 9.17) is 0 Å². The van der Waals surface area contributed by atoms with Gasteiger partial charge in [-0.3, -0.25) is 4.79 Å². The highest BCUT2D eigenvalue weighted by Gasteiger charge is 2.34. The van der Waals surface area contributed by atoms with Crippen molar-refractivity contribution in [2.24, 2.45) is 0 Å². The number of carbonyl (C=O) groups excluding carboxylic acids is 1. The number of halogens is 3. The smallest absolute Gasteiger partial charge is 0.298 e. The van der Waals surface area contributed by atoms with Crippen LogP contribution in [0.4, 0.5) is 13.2 Å². The first-order chi connectivity index (χ1) is 7.50. The Hall–Kier alpha value is -1.70. The molecule has 2 rings (SSSR count). The molecule has 2 heterocycles. The summed E-state index contributed by atoms with van der Waals surface area (Å²) in [6, 6.07) is 0. The van der Waals surface area contributed by atoms with Crippen molar-refractivity contribution in [2.75, 3.05) is 0 Å². The molecule has 0 unspecified atom stereocenters. The van der Waals surface area contributed by atoms with E-state index in [9.17, 15) is 18.0 Å². The molecule has 0 spiro atoms. The van der Waals surface area contributed by atoms with Gasteiger partial charge in [-0.05, 0) is 0 Å². The normalized spacial score (nSPS) is 11.7. The summed E-state index contributed by atoms with van der Waals surface area (Å²) in [5.74, 6) is 0.0467. The van der Waals surface area contributed by atoms with Crippen LogP contribution in [0.3, 0.4) is 0 Å². The summed E-state index contributed by atoms with van der Waals surface area (Å²) in [6.07, 6.45) is -1.34. The van der Waals surface area contributed by atoms with Gasteiger partial charge in [0, 0.05) is 11.6 Å². The van der Waals surface area contributed by atoms with Crippen molar-refractivity contribution in [1.82, 2.24) is 14.8 Å². The molecule has 8 heteroatoms. The van der Waals surface area contributed by atoms with Gasteiger partial charge in [-0.25, -0.2) is 9.67 Å². The molecule has 4 nitrogen and oxygen atoms in total. The molecule has 2 aromatic rings. The maximum atomic E-state index is 12.3. The second kappa shape index (κ2) is 3.71. The highest BCUT2D eigenvalue weighted by atomic mass is 32.1. The van der Waals surface area contributed by atoms with Gasteiger partial charge in [0.1, 0.15) is 0 Å². The molecule has 84 valence electrons. The second-order valence-corrected chi connectivity index (χ2v) is 3.70. The van der Waals surface area contributed by atoms with Gasteiger partial charge in [-0.1, -0.05) is 0 Å². The van der Waals surface area contributed by atoms with Crippen LogP contribution in [0.25, 0.3) is 5.82 Å². The van der Waals surface area contributed by atoms with Crippen molar-refractivity contribution in [3.63, 3.8) is 0 Å². The molecule has 0 atom stereocenters. The van der Waals surface area contributed by atoms with Crippen molar-refractivity contribution < 1.29 is 18.0 Å². The first-order valence-corrected chi connectivity index (χ1v) is 4.91. The molecular formula is C8H4F3N3OS. The summed E-state index contributed by atoms with van der Waals surface area (Å²) in [7, 11) is 0. The standard InChI is InChI=1S/C8H4F3N3OS/c9-8(10,11)7-13-6(4-16-7)14-2-5(3-15)1-12-14/h1-4H. The molecule has 0 radical (unpaired) electrons. The Morgan fingerprint density at radius 3 is 2.69 bits per heavy atom. The third-order valence-corrected chi connectivity index (χ3v) is 2.58. The quantitative estimate of drug-likeness (QED) is 0.764. The molecule has 0 bridgehead atoms. The van der Waals surface area contributed by atoms with E-state index in [0.29, 0.717) is 17.6 Å². The lowest BCUT2D eigenvalue weighted by molar-refractivity contribution is -0.137. The first kappa shape index (κ1) is 10.8. The number of hydrogen-bond donors (Lipinski definition) is 0. The summed E-state index contributed by atoms with van der Waals surface area (Å²) in [5.41, 5.74) is 0.279. The van der Waals surface area contributed by atoms with Gasteiger partial charge in [-0.2, -0.15) is 18.3 Å². The summed E-state index contributed by atoms with van der Waals surface area (Å²) in [4.78, 5) is 13.7. The fourth-order valence-corrected chi connectivity index (χ4v) is 1.68. The van der Waals surface area contributed by atoms with Crippen LogP contribution in [-0.2, 0) is 6.18 Å². The van der Waals surface area contributed by atoms with E-state index < -0.39 is 11.2 Å². The zero-order valence-electron chi connectivity index (χ0n) is 7.60. The number of hydrogen-bond acceptors (Lipinski definition) is 4. The van der Waals surface area contributed by atoms with Crippen molar-refractivity contribution in [1.29, 1.82) is 0 Å². The van der Waals surface area contributed by atoms with E-state index >= 15 is 0 Å². The molecule has 0 saturated heterocycles. The lowest BCUT2D eigenvalue weighted by atomic mass is 10.4. The van der Waals surface area contributed by atoms with E-state index in [2.05, 4.69) is 10.1 Å². The van der Waals surface area contributed by atoms with Crippen molar-refractivity contribution in [3.8, 4) is 5.82 Å². The lowest BCUT2D eigenvalue weighted by Crippen LogP contribution is -2.05. The van der Waals surface area contributed by atoms with Gasteiger partial charge in [0.15, 0.2) is 17.1 Å². The van der Waals surface area contributed by atoms with E-state index in [-0.39, 0.29) is 11.4 Å². The van der Waals surface area contributed by atoms with Gasteiger partial charge in [-0.15, -0.1) is 11.3 Å². The molecule has 0 aliphatic heterocycles. The second-order valence-electron chi connectivity index (χ2n) is 2.84. The van der Waals surface area contributed by atoms with Crippen LogP contribution in [0.15, 0.2) is 17.8 Å². The van der Waals surface area contributed by atoms with Crippen molar-refractivity contribution in [2.45, 2.75) is 6.18 Å². The maximum absolute atomic E-state index is 12.3. The largest absolute Gasteiger partial charge is 0.443 e. The molecule has 0 aliphatic carbocycles. The molecule has 16 heavy (non-hydrogen) atoms. The Morgan fingerprint density at radius 2 is 2.19 bits per heavy atom. The van der Waals surface area contributed by atoms with Gasteiger partial charge in [0.2, 0.25) is 0 Å². The summed E-state index contributed by atoms with van der Waals surface area (Å²) >= 11 is 0.483. The Morgan fingerprint density at radius 1 is 1.44 bits per heavy atom. The summed E-state index contributed by atoms with van der Waals surface area (Å²) < 4.78 is 37.9. The van der Waals surface area contributed by atoms with Gasteiger partial charge >= 0.3 is 6.18 Å². The van der Waals surface area contributed by atoms with Gasteiger partial charge in [0.25, 0.3) is 0 Å². The van der Waals surface area contributed by atoms with Crippen molar-refractivity contribution >= 4 is 17.6 Å². The van der Waals surface area contributed by atoms with Crippen LogP contribution in [0.1, 0.15) is 15.4 Å². The van der Waals surface area contributed by atoms with Gasteiger partial charge in [0.05, 0.1) is 11.8 Å². The minimum absolute atomic E-state index is 0.0467. The minimum atomic E-state index is -4.45. The molecule has 0 N–H and O–H groups in total. The lowest BCUT2D eigenvalue weighted by Gasteiger charge is -1.99. The summed E-state index contributed by atoms with van der Waals surface area (Å²) in [5, 5.41) is 4.00. The third-order valence-electron chi connectivity index (χ3n) is 1.71. The number of aldehydes is 1. The minimum Gasteiger partial charge on any atom is -0.298 e. The Balaban J connectivity index is 2.35. The highest BCUT2D eigenvalue weighted by molar-refractivity contribution is 7.10. The fraction of sp³-hybridized carbons (Fsp3) is 0.125. The molecule has 0 aliphatic rings. The Bertz CT molecular complexity index is 517. The number of alkyl halides is 3. The number of thiazole rings is 1. The Labute approximate surface area is 91.3 Å². The molecular weight excluding hydrogens is 243 g/mol. The predicted octanol–water partition coefficient (Wildman–Crippen LogP) is 2.16. The molecule has 2 aromatic heterocycles. The highest BCUT2D eigenvalue weighted by Crippen LogP contribution is 2.32. The first-order valence-electron chi connectivity index (χ1n) is 4.03. The fourth-order valence-electron chi connectivity index (χ4n) is 1.02. The van der Waals surface area contributed by atoms with Gasteiger partial charge < -0.3 is 0 Å². The SMILES string of the molecule is O=Cc1cnn(-c2csc(C(F)(F)F)n2)c1. The molecule has 0 amide bonds. The van der Waals surface area contributed by atoms with E-state index in [1.54, 1.807) is 0 Å². The zero-order chi connectivity index (χ0) is 11.8. The molecule has 0 fully saturated rings. The van der Waals surface area contributed by atoms with Crippen molar-refractivity contribution in [3.05, 3.63) is 28.3 Å². The summed E-state index contributed by atoms with van der Waals surface area (Å²) in [6.45, 7) is 0. The third kappa shape index (κ3) is 1.96. The van der Waals surface area contributed by atoms with Crippen LogP contribution < -0.4 is 0 Å². The van der Waals surface area contributed by atoms with Crippen LogP contribution in [0.2, 0.25) is 0 Å². The number of carbonyl (C=O) groups is 1. The van der Waals surface area contributed by atoms with E-state index in [1.165, 1.54) is 17.8 Å². The van der Waals surface area contributed by atoms with Crippen LogP contribution in [-0.4, -0.2) is 21.1 Å². The predicted molar refractivity (Wildman–Crippen MR) is 49.6 cm³/mol. The Kier molecular flexibility index (Phi) is 2.50. The van der Waals surface area contributed by atoms with E-state index in [1.807, 2.05) is 0 Å². The van der Waals surface area contributed by atoms with Crippen LogP contribution in [0.5, 0.6) is 0 Å². The topological polar surface area (TPSA) is 47.8 Å². The van der Waals surface area contributed by atoms with E-state index in [0.717, 1.165) is 4.68 Å². The zero-order valence-corrected chi connectivity index (χ0v) is 8.42. The monoisotopic (exact) mass is 247 g/mol. The van der Waals surface area contributed by atoms with Crippen LogP contribution in [0, 0.1) is 0 Å². The average Bonchev–Trinajstić information content (AvgIpc) is 2.85. The number of aromatic nitrogens is 3. The number of rotatable bonds is 2. The molecule has 0 aromatic carbocycles. The average molecular weight is 247 g/mol. The number of nitrogens with zero attached hydrogens (tertiary/aromatic N) is 3. The molecule has 0 saturated carbocycles. The van der Waals surface area contributed by atoms with Crippen LogP contribution >= 0.6 is 11.3 Å².